The Morgan fingerprint density at radius 2 is 1.28 bits per heavy atom. The fraction of sp³-hybridized carbons (Fsp3) is 0.333. The molecular formula is C27H32N2O3. The Morgan fingerprint density at radius 3 is 1.81 bits per heavy atom. The molecular weight excluding hydrogens is 400 g/mol. The van der Waals surface area contributed by atoms with Crippen molar-refractivity contribution in [3.63, 3.8) is 0 Å². The molecule has 1 saturated heterocycles. The van der Waals surface area contributed by atoms with Crippen LogP contribution in [0, 0.1) is 0 Å². The van der Waals surface area contributed by atoms with E-state index in [4.69, 9.17) is 9.47 Å². The van der Waals surface area contributed by atoms with Crippen LogP contribution in [0.1, 0.15) is 17.2 Å². The molecule has 0 spiro atoms. The lowest BCUT2D eigenvalue weighted by Gasteiger charge is -2.40. The summed E-state index contributed by atoms with van der Waals surface area (Å²) in [6, 6.07) is 29.1. The van der Waals surface area contributed by atoms with E-state index in [9.17, 15) is 5.11 Å². The molecule has 0 aromatic heterocycles. The smallest absolute Gasteiger partial charge is 0.119 e. The summed E-state index contributed by atoms with van der Waals surface area (Å²) in [5, 5.41) is 10.5. The number of aliphatic hydroxyl groups excluding tert-OH is 1. The lowest BCUT2D eigenvalue weighted by atomic mass is 9.96. The van der Waals surface area contributed by atoms with Crippen molar-refractivity contribution in [3.05, 3.63) is 96.1 Å². The first kappa shape index (κ1) is 22.3. The van der Waals surface area contributed by atoms with Crippen LogP contribution in [0.3, 0.4) is 0 Å². The van der Waals surface area contributed by atoms with Gasteiger partial charge in [-0.2, -0.15) is 0 Å². The number of piperazine rings is 1. The second-order valence-electron chi connectivity index (χ2n) is 8.20. The average Bonchev–Trinajstić information content (AvgIpc) is 2.86. The quantitative estimate of drug-likeness (QED) is 0.557. The van der Waals surface area contributed by atoms with Crippen LogP contribution in [0.2, 0.25) is 0 Å². The van der Waals surface area contributed by atoms with Gasteiger partial charge in [-0.1, -0.05) is 60.7 Å². The molecule has 1 N–H and O–H groups in total. The normalized spacial score (nSPS) is 16.1. The van der Waals surface area contributed by atoms with Crippen LogP contribution in [0.15, 0.2) is 84.9 Å². The minimum atomic E-state index is -0.525. The predicted molar refractivity (Wildman–Crippen MR) is 127 cm³/mol. The van der Waals surface area contributed by atoms with E-state index < -0.39 is 6.10 Å². The second-order valence-corrected chi connectivity index (χ2v) is 8.20. The maximum atomic E-state index is 10.5. The number of hydrogen-bond donors (Lipinski definition) is 1. The lowest BCUT2D eigenvalue weighted by molar-refractivity contribution is 0.0401. The van der Waals surface area contributed by atoms with Crippen LogP contribution in [0.5, 0.6) is 11.5 Å². The number of aliphatic hydroxyl groups is 1. The van der Waals surface area contributed by atoms with E-state index in [0.717, 1.165) is 37.7 Å². The highest BCUT2D eigenvalue weighted by Crippen LogP contribution is 2.29. The van der Waals surface area contributed by atoms with Crippen LogP contribution in [0.25, 0.3) is 0 Å². The maximum Gasteiger partial charge on any atom is 0.119 e. The van der Waals surface area contributed by atoms with Gasteiger partial charge < -0.3 is 14.6 Å². The molecule has 3 aromatic rings. The van der Waals surface area contributed by atoms with Gasteiger partial charge in [-0.15, -0.1) is 0 Å². The molecule has 5 heteroatoms. The SMILES string of the molecule is COc1ccc(OC[C@H](O)CN2CCN(C(c3ccccc3)c3ccccc3)CC2)cc1. The van der Waals surface area contributed by atoms with Gasteiger partial charge in [0.15, 0.2) is 0 Å². The minimum absolute atomic E-state index is 0.253. The molecule has 5 nitrogen and oxygen atoms in total. The van der Waals surface area contributed by atoms with Crippen LogP contribution in [-0.2, 0) is 0 Å². The number of methoxy groups -OCH3 is 1. The molecule has 1 aliphatic heterocycles. The van der Waals surface area contributed by atoms with Crippen molar-refractivity contribution in [2.45, 2.75) is 12.1 Å². The Balaban J connectivity index is 1.30. The summed E-state index contributed by atoms with van der Waals surface area (Å²) in [4.78, 5) is 4.87. The van der Waals surface area contributed by atoms with Gasteiger partial charge in [-0.05, 0) is 35.4 Å². The van der Waals surface area contributed by atoms with Crippen LogP contribution in [0.4, 0.5) is 0 Å². The molecule has 1 aliphatic rings. The summed E-state index contributed by atoms with van der Waals surface area (Å²) in [6.07, 6.45) is -0.525. The standard InChI is InChI=1S/C27H32N2O3/c1-31-25-12-14-26(15-13-25)32-21-24(30)20-28-16-18-29(19-17-28)27(22-8-4-2-5-9-22)23-10-6-3-7-11-23/h2-15,24,27,30H,16-21H2,1H3/t24-/m1/s1. The lowest BCUT2D eigenvalue weighted by Crippen LogP contribution is -2.50. The summed E-state index contributed by atoms with van der Waals surface area (Å²) < 4.78 is 10.9. The Kier molecular flexibility index (Phi) is 7.77. The van der Waals surface area contributed by atoms with Crippen molar-refractivity contribution in [2.75, 3.05) is 46.4 Å². The zero-order valence-corrected chi connectivity index (χ0v) is 18.6. The van der Waals surface area contributed by atoms with Crippen LogP contribution in [-0.4, -0.2) is 67.5 Å². The summed E-state index contributed by atoms with van der Waals surface area (Å²) in [6.45, 7) is 4.67. The number of rotatable bonds is 9. The van der Waals surface area contributed by atoms with Crippen molar-refractivity contribution in [1.29, 1.82) is 0 Å². The molecule has 0 saturated carbocycles. The first-order valence-electron chi connectivity index (χ1n) is 11.2. The average molecular weight is 433 g/mol. The molecule has 3 aromatic carbocycles. The van der Waals surface area contributed by atoms with E-state index in [1.165, 1.54) is 11.1 Å². The molecule has 0 amide bonds. The van der Waals surface area contributed by atoms with Gasteiger partial charge in [-0.25, -0.2) is 0 Å². The largest absolute Gasteiger partial charge is 0.497 e. The van der Waals surface area contributed by atoms with Gasteiger partial charge in [-0.3, -0.25) is 9.80 Å². The first-order valence-corrected chi connectivity index (χ1v) is 11.2. The highest BCUT2D eigenvalue weighted by atomic mass is 16.5. The van der Waals surface area contributed by atoms with E-state index in [1.54, 1.807) is 7.11 Å². The fourth-order valence-corrected chi connectivity index (χ4v) is 4.30. The van der Waals surface area contributed by atoms with E-state index in [-0.39, 0.29) is 12.6 Å². The van der Waals surface area contributed by atoms with E-state index in [2.05, 4.69) is 70.5 Å². The summed E-state index contributed by atoms with van der Waals surface area (Å²) in [7, 11) is 1.64. The number of β-amino-alcohol motifs (C(OH)–C–C–N with tert-alkyl or cyclic N) is 1. The maximum absolute atomic E-state index is 10.5. The Bertz CT molecular complexity index is 887. The molecule has 0 radical (unpaired) electrons. The number of hydrogen-bond acceptors (Lipinski definition) is 5. The molecule has 1 heterocycles. The summed E-state index contributed by atoms with van der Waals surface area (Å²) in [5.74, 6) is 1.53. The molecule has 1 atom stereocenters. The van der Waals surface area contributed by atoms with Crippen LogP contribution >= 0.6 is 0 Å². The van der Waals surface area contributed by atoms with Gasteiger partial charge in [0, 0.05) is 32.7 Å². The highest BCUT2D eigenvalue weighted by Gasteiger charge is 2.27. The minimum Gasteiger partial charge on any atom is -0.497 e. The zero-order chi connectivity index (χ0) is 22.2. The molecule has 0 bridgehead atoms. The van der Waals surface area contributed by atoms with E-state index >= 15 is 0 Å². The predicted octanol–water partition coefficient (Wildman–Crippen LogP) is 3.84. The van der Waals surface area contributed by atoms with Crippen molar-refractivity contribution in [3.8, 4) is 11.5 Å². The second kappa shape index (κ2) is 11.1. The molecule has 4 rings (SSSR count). The van der Waals surface area contributed by atoms with Crippen molar-refractivity contribution < 1.29 is 14.6 Å². The first-order chi connectivity index (χ1) is 15.7. The van der Waals surface area contributed by atoms with Gasteiger partial charge in [0.2, 0.25) is 0 Å². The Hall–Kier alpha value is -2.86. The van der Waals surface area contributed by atoms with E-state index in [0.29, 0.717) is 6.54 Å². The Morgan fingerprint density at radius 1 is 0.750 bits per heavy atom. The third kappa shape index (κ3) is 5.88. The monoisotopic (exact) mass is 432 g/mol. The van der Waals surface area contributed by atoms with Crippen molar-refractivity contribution >= 4 is 0 Å². The topological polar surface area (TPSA) is 45.2 Å². The van der Waals surface area contributed by atoms with Gasteiger partial charge >= 0.3 is 0 Å². The number of ether oxygens (including phenoxy) is 2. The molecule has 0 unspecified atom stereocenters. The number of benzene rings is 3. The number of nitrogens with zero attached hydrogens (tertiary/aromatic N) is 2. The van der Waals surface area contributed by atoms with E-state index in [1.807, 2.05) is 24.3 Å². The fourth-order valence-electron chi connectivity index (χ4n) is 4.30. The third-order valence-electron chi connectivity index (χ3n) is 5.97. The van der Waals surface area contributed by atoms with Gasteiger partial charge in [0.25, 0.3) is 0 Å². The van der Waals surface area contributed by atoms with Crippen molar-refractivity contribution in [1.82, 2.24) is 9.80 Å². The highest BCUT2D eigenvalue weighted by molar-refractivity contribution is 5.32. The molecule has 1 fully saturated rings. The summed E-state index contributed by atoms with van der Waals surface area (Å²) >= 11 is 0. The van der Waals surface area contributed by atoms with Gasteiger partial charge in [0.1, 0.15) is 24.2 Å². The zero-order valence-electron chi connectivity index (χ0n) is 18.6. The molecule has 32 heavy (non-hydrogen) atoms. The summed E-state index contributed by atoms with van der Waals surface area (Å²) in [5.41, 5.74) is 2.64. The van der Waals surface area contributed by atoms with Gasteiger partial charge in [0.05, 0.1) is 13.2 Å². The van der Waals surface area contributed by atoms with Crippen molar-refractivity contribution in [2.24, 2.45) is 0 Å². The van der Waals surface area contributed by atoms with Crippen LogP contribution < -0.4 is 9.47 Å². The third-order valence-corrected chi connectivity index (χ3v) is 5.97. The molecule has 168 valence electrons. The Labute approximate surface area is 190 Å². The molecule has 0 aliphatic carbocycles.